The van der Waals surface area contributed by atoms with Gasteiger partial charge in [-0.25, -0.2) is 0 Å². The molecular weight excluding hydrogens is 320 g/mol. The summed E-state index contributed by atoms with van der Waals surface area (Å²) in [6.45, 7) is 0. The van der Waals surface area contributed by atoms with Crippen LogP contribution in [0.15, 0.2) is 0 Å². The fraction of sp³-hybridized carbons (Fsp3) is 0. The molecule has 0 aromatic carbocycles. The van der Waals surface area contributed by atoms with Crippen molar-refractivity contribution in [2.24, 2.45) is 0 Å². The monoisotopic (exact) mass is 326 g/mol. The molecule has 0 unspecified atom stereocenters. The summed E-state index contributed by atoms with van der Waals surface area (Å²) >= 11 is 0. The van der Waals surface area contributed by atoms with Gasteiger partial charge in [-0.15, -0.1) is 0 Å². The molecule has 5 nitrogen and oxygen atoms in total. The van der Waals surface area contributed by atoms with Crippen LogP contribution < -0.4 is 0 Å². The molecule has 46 valence electrons. The molecule has 1 fully saturated rings. The zero-order valence-electron chi connectivity index (χ0n) is 3.31. The van der Waals surface area contributed by atoms with E-state index >= 15 is 0 Å². The van der Waals surface area contributed by atoms with E-state index in [0.717, 1.165) is 0 Å². The first-order valence-electron chi connectivity index (χ1n) is 1.13. The second-order valence-corrected chi connectivity index (χ2v) is 2.95. The third-order valence-corrected chi connectivity index (χ3v) is 0.824. The van der Waals surface area contributed by atoms with E-state index in [2.05, 4.69) is 9.35 Å². The Balaban J connectivity index is 0.000000360. The van der Waals surface area contributed by atoms with Crippen molar-refractivity contribution in [2.45, 2.75) is 0 Å². The van der Waals surface area contributed by atoms with E-state index in [1.54, 1.807) is 0 Å². The Morgan fingerprint density at radius 2 is 1.14 bits per heavy atom. The maximum absolute atomic E-state index is 7.89. The second-order valence-electron chi connectivity index (χ2n) is 0.982. The molecule has 0 bridgehead atoms. The summed E-state index contributed by atoms with van der Waals surface area (Å²) in [4.78, 5) is 23.7. The van der Waals surface area contributed by atoms with Crippen molar-refractivity contribution in [3.63, 3.8) is 0 Å². The SMILES string of the molecule is OP1(O)(O)OO1.[BiH3]. The third kappa shape index (κ3) is 2.83. The molecule has 3 N–H and O–H groups in total. The predicted molar refractivity (Wildman–Crippen MR) is 25.7 cm³/mol. The average Bonchev–Trinajstić information content (AvgIpc) is 1.73. The Morgan fingerprint density at radius 3 is 1.14 bits per heavy atom. The van der Waals surface area contributed by atoms with Crippen molar-refractivity contribution in [3.8, 4) is 0 Å². The molecule has 0 radical (unpaired) electrons. The maximum atomic E-state index is 7.89. The third-order valence-electron chi connectivity index (χ3n) is 0.275. The fourth-order valence-electron chi connectivity index (χ4n) is 0.0447. The Labute approximate surface area is 58.3 Å². The van der Waals surface area contributed by atoms with E-state index in [1.807, 2.05) is 0 Å². The van der Waals surface area contributed by atoms with Gasteiger partial charge in [0.25, 0.3) is 0 Å². The van der Waals surface area contributed by atoms with Crippen molar-refractivity contribution in [1.29, 1.82) is 0 Å². The summed E-state index contributed by atoms with van der Waals surface area (Å²) in [5.74, 6) is 0. The Morgan fingerprint density at radius 1 is 1.00 bits per heavy atom. The van der Waals surface area contributed by atoms with E-state index in [-0.39, 0.29) is 26.2 Å². The normalized spacial score (nSPS) is 36.7. The van der Waals surface area contributed by atoms with Crippen LogP contribution in [0.25, 0.3) is 0 Å². The van der Waals surface area contributed by atoms with Crippen molar-refractivity contribution in [1.82, 2.24) is 0 Å². The van der Waals surface area contributed by atoms with Crippen LogP contribution in [0.2, 0.25) is 0 Å². The quantitative estimate of drug-likeness (QED) is 0.205. The second kappa shape index (κ2) is 1.55. The molecule has 0 atom stereocenters. The Hall–Kier alpha value is 1.11. The number of rotatable bonds is 0. The van der Waals surface area contributed by atoms with Crippen molar-refractivity contribution < 1.29 is 24.0 Å². The summed E-state index contributed by atoms with van der Waals surface area (Å²) in [6, 6.07) is 0. The first-order chi connectivity index (χ1) is 2.47. The van der Waals surface area contributed by atoms with Crippen molar-refractivity contribution >= 4 is 33.9 Å². The van der Waals surface area contributed by atoms with Crippen LogP contribution in [0.4, 0.5) is 0 Å². The summed E-state index contributed by atoms with van der Waals surface area (Å²) in [5.41, 5.74) is 0. The van der Waals surface area contributed by atoms with Crippen LogP contribution in [0.5, 0.6) is 0 Å². The van der Waals surface area contributed by atoms with Gasteiger partial charge in [-0.1, -0.05) is 0 Å². The van der Waals surface area contributed by atoms with Gasteiger partial charge in [0.15, 0.2) is 0 Å². The van der Waals surface area contributed by atoms with Crippen LogP contribution in [0.3, 0.4) is 0 Å². The molecule has 1 aliphatic rings. The zero-order valence-corrected chi connectivity index (χ0v) is 9.70. The van der Waals surface area contributed by atoms with Crippen molar-refractivity contribution in [3.05, 3.63) is 0 Å². The van der Waals surface area contributed by atoms with Gasteiger partial charge in [0.1, 0.15) is 0 Å². The van der Waals surface area contributed by atoms with Crippen LogP contribution in [-0.2, 0) is 9.35 Å². The zero-order chi connectivity index (χ0) is 4.86. The van der Waals surface area contributed by atoms with Gasteiger partial charge in [-0.05, 0) is 0 Å². The summed E-state index contributed by atoms with van der Waals surface area (Å²) in [7, 11) is -4.80. The van der Waals surface area contributed by atoms with Crippen LogP contribution >= 0.6 is 7.74 Å². The molecule has 0 aromatic rings. The van der Waals surface area contributed by atoms with Gasteiger partial charge >= 0.3 is 58.0 Å². The molecule has 0 spiro atoms. The van der Waals surface area contributed by atoms with Gasteiger partial charge in [-0.2, -0.15) is 0 Å². The molecule has 0 amide bonds. The van der Waals surface area contributed by atoms with Gasteiger partial charge in [-0.3, -0.25) is 0 Å². The van der Waals surface area contributed by atoms with Gasteiger partial charge < -0.3 is 0 Å². The summed E-state index contributed by atoms with van der Waals surface area (Å²) in [6.07, 6.45) is 0. The topological polar surface area (TPSA) is 85.8 Å². The van der Waals surface area contributed by atoms with Gasteiger partial charge in [0, 0.05) is 0 Å². The molecule has 1 heterocycles. The van der Waals surface area contributed by atoms with Crippen LogP contribution in [-0.4, -0.2) is 40.9 Å². The van der Waals surface area contributed by atoms with Gasteiger partial charge in [0.2, 0.25) is 0 Å². The Bertz CT molecular complexity index is 71.8. The van der Waals surface area contributed by atoms with E-state index in [1.165, 1.54) is 0 Å². The fourth-order valence-corrected chi connectivity index (χ4v) is 0.402. The predicted octanol–water partition coefficient (Wildman–Crippen LogP) is -2.13. The first-order valence-corrected chi connectivity index (χ1v) is 3.06. The molecule has 0 aliphatic carbocycles. The van der Waals surface area contributed by atoms with E-state index in [4.69, 9.17) is 14.7 Å². The number of hydrogen-bond acceptors (Lipinski definition) is 5. The minimum atomic E-state index is -4.80. The van der Waals surface area contributed by atoms with E-state index < -0.39 is 7.74 Å². The molecule has 0 saturated carbocycles. The van der Waals surface area contributed by atoms with E-state index in [0.29, 0.717) is 0 Å². The number of hydrogen-bond donors (Lipinski definition) is 3. The summed E-state index contributed by atoms with van der Waals surface area (Å²) in [5, 5.41) is 0. The molecule has 1 saturated heterocycles. The minimum absolute atomic E-state index is 0. The molecule has 1 aliphatic heterocycles. The molecule has 1 rings (SSSR count). The Kier molecular flexibility index (Phi) is 1.79. The summed E-state index contributed by atoms with van der Waals surface area (Å²) < 4.78 is 6.76. The standard InChI is InChI=1S/Bi.H3O5P.3H/c;1-6(2,3)4-5-6;;;/h;1-3H;;;. The van der Waals surface area contributed by atoms with Crippen LogP contribution in [0.1, 0.15) is 0 Å². The molecule has 0 aromatic heterocycles. The van der Waals surface area contributed by atoms with Crippen molar-refractivity contribution in [2.75, 3.05) is 0 Å². The van der Waals surface area contributed by atoms with E-state index in [9.17, 15) is 0 Å². The molecule has 7 heteroatoms. The molecular formula is H6BiO5P. The average molecular weight is 326 g/mol. The first kappa shape index (κ1) is 8.11. The van der Waals surface area contributed by atoms with Gasteiger partial charge in [0.05, 0.1) is 0 Å². The molecule has 7 heavy (non-hydrogen) atoms. The van der Waals surface area contributed by atoms with Crippen LogP contribution in [0, 0.1) is 0 Å².